The molecule has 0 bridgehead atoms. The second kappa shape index (κ2) is 7.17. The van der Waals surface area contributed by atoms with Crippen molar-refractivity contribution in [2.45, 2.75) is 6.92 Å². The normalized spacial score (nSPS) is 15.4. The number of aromatic nitrogens is 1. The molecule has 1 amide bonds. The van der Waals surface area contributed by atoms with Crippen molar-refractivity contribution in [3.05, 3.63) is 72.1 Å². The van der Waals surface area contributed by atoms with Crippen LogP contribution in [0, 0.1) is 0 Å². The maximum atomic E-state index is 12.9. The Morgan fingerprint density at radius 1 is 1.15 bits per heavy atom. The van der Waals surface area contributed by atoms with E-state index >= 15 is 0 Å². The van der Waals surface area contributed by atoms with Crippen molar-refractivity contribution in [1.29, 1.82) is 0 Å². The number of carbonyl (C=O) groups excluding carboxylic acids is 1. The van der Waals surface area contributed by atoms with Gasteiger partial charge in [0.2, 0.25) is 0 Å². The first-order chi connectivity index (χ1) is 13.2. The van der Waals surface area contributed by atoms with E-state index in [-0.39, 0.29) is 5.91 Å². The molecular weight excluding hydrogens is 358 g/mol. The number of rotatable bonds is 4. The number of ether oxygens (including phenoxy) is 1. The Labute approximate surface area is 162 Å². The van der Waals surface area contributed by atoms with Gasteiger partial charge in [-0.15, -0.1) is 0 Å². The minimum Gasteiger partial charge on any atom is -0.494 e. The molecule has 3 aromatic rings. The number of fused-ring (bicyclic) bond motifs is 1. The summed E-state index contributed by atoms with van der Waals surface area (Å²) in [7, 11) is 0. The molecule has 0 atom stereocenters. The highest BCUT2D eigenvalue weighted by atomic mass is 32.1. The molecule has 2 heterocycles. The van der Waals surface area contributed by atoms with Crippen LogP contribution in [0.25, 0.3) is 17.0 Å². The smallest absolute Gasteiger partial charge is 0.281 e. The molecule has 4 rings (SSSR count). The fourth-order valence-corrected chi connectivity index (χ4v) is 3.33. The van der Waals surface area contributed by atoms with E-state index in [1.54, 1.807) is 6.20 Å². The number of thiocarbonyl (C=S) groups is 1. The predicted octanol–water partition coefficient (Wildman–Crippen LogP) is 3.90. The lowest BCUT2D eigenvalue weighted by molar-refractivity contribution is -0.113. The molecule has 1 aliphatic rings. The third-order valence-electron chi connectivity index (χ3n) is 4.27. The fraction of sp³-hybridized carbons (Fsp3) is 0.0952. The van der Waals surface area contributed by atoms with Gasteiger partial charge < -0.3 is 10.1 Å². The number of benzene rings is 2. The van der Waals surface area contributed by atoms with E-state index in [9.17, 15) is 4.79 Å². The van der Waals surface area contributed by atoms with Gasteiger partial charge in [0.05, 0.1) is 17.8 Å². The number of pyridine rings is 1. The second-order valence-corrected chi connectivity index (χ2v) is 6.36. The largest absolute Gasteiger partial charge is 0.494 e. The first kappa shape index (κ1) is 17.2. The highest BCUT2D eigenvalue weighted by Gasteiger charge is 2.32. The highest BCUT2D eigenvalue weighted by molar-refractivity contribution is 7.80. The number of hydrogen-bond donors (Lipinski definition) is 1. The Morgan fingerprint density at radius 2 is 1.93 bits per heavy atom. The van der Waals surface area contributed by atoms with Gasteiger partial charge in [0.15, 0.2) is 5.11 Å². The van der Waals surface area contributed by atoms with Gasteiger partial charge in [-0.1, -0.05) is 18.2 Å². The number of nitrogens with zero attached hydrogens (tertiary/aromatic N) is 2. The molecule has 1 aromatic heterocycles. The Bertz CT molecular complexity index is 1060. The molecule has 27 heavy (non-hydrogen) atoms. The minimum atomic E-state index is -0.190. The predicted molar refractivity (Wildman–Crippen MR) is 111 cm³/mol. The van der Waals surface area contributed by atoms with Gasteiger partial charge in [0.1, 0.15) is 11.4 Å². The zero-order valence-electron chi connectivity index (χ0n) is 14.7. The van der Waals surface area contributed by atoms with Crippen molar-refractivity contribution < 1.29 is 9.53 Å². The second-order valence-electron chi connectivity index (χ2n) is 5.97. The van der Waals surface area contributed by atoms with E-state index in [0.29, 0.717) is 23.1 Å². The first-order valence-electron chi connectivity index (χ1n) is 8.61. The lowest BCUT2D eigenvalue weighted by atomic mass is 10.1. The van der Waals surface area contributed by atoms with Crippen LogP contribution in [0.15, 0.2) is 66.5 Å². The monoisotopic (exact) mass is 375 g/mol. The van der Waals surface area contributed by atoms with Crippen molar-refractivity contribution in [3.63, 3.8) is 0 Å². The number of para-hydroxylation sites is 1. The van der Waals surface area contributed by atoms with Crippen molar-refractivity contribution in [1.82, 2.24) is 10.3 Å². The quantitative estimate of drug-likeness (QED) is 0.554. The van der Waals surface area contributed by atoms with Crippen LogP contribution in [0.3, 0.4) is 0 Å². The fourth-order valence-electron chi connectivity index (χ4n) is 3.03. The summed E-state index contributed by atoms with van der Waals surface area (Å²) in [6.45, 7) is 2.52. The summed E-state index contributed by atoms with van der Waals surface area (Å²) in [6, 6.07) is 17.0. The molecule has 1 aliphatic heterocycles. The van der Waals surface area contributed by atoms with E-state index in [0.717, 1.165) is 22.2 Å². The average Bonchev–Trinajstić information content (AvgIpc) is 2.96. The number of anilines is 1. The zero-order chi connectivity index (χ0) is 18.8. The van der Waals surface area contributed by atoms with E-state index in [2.05, 4.69) is 10.3 Å². The van der Waals surface area contributed by atoms with Gasteiger partial charge in [0, 0.05) is 11.6 Å². The van der Waals surface area contributed by atoms with Crippen LogP contribution in [0.5, 0.6) is 5.75 Å². The summed E-state index contributed by atoms with van der Waals surface area (Å²) in [5.41, 5.74) is 2.92. The van der Waals surface area contributed by atoms with Crippen LogP contribution >= 0.6 is 12.2 Å². The van der Waals surface area contributed by atoms with Crippen molar-refractivity contribution in [3.8, 4) is 5.75 Å². The lowest BCUT2D eigenvalue weighted by Crippen LogP contribution is -2.30. The maximum Gasteiger partial charge on any atom is 0.281 e. The van der Waals surface area contributed by atoms with Gasteiger partial charge in [0.25, 0.3) is 5.91 Å². The highest BCUT2D eigenvalue weighted by Crippen LogP contribution is 2.26. The van der Waals surface area contributed by atoms with E-state index in [4.69, 9.17) is 17.0 Å². The zero-order valence-corrected chi connectivity index (χ0v) is 15.5. The van der Waals surface area contributed by atoms with Crippen LogP contribution in [0.2, 0.25) is 0 Å². The van der Waals surface area contributed by atoms with Crippen LogP contribution in [0.4, 0.5) is 5.69 Å². The van der Waals surface area contributed by atoms with E-state index in [1.807, 2.05) is 67.6 Å². The van der Waals surface area contributed by atoms with Gasteiger partial charge in [-0.05, 0) is 67.2 Å². The van der Waals surface area contributed by atoms with Gasteiger partial charge >= 0.3 is 0 Å². The number of nitrogens with one attached hydrogen (secondary N) is 1. The molecule has 5 nitrogen and oxygen atoms in total. The summed E-state index contributed by atoms with van der Waals surface area (Å²) in [5.74, 6) is 0.566. The Morgan fingerprint density at radius 3 is 2.70 bits per heavy atom. The van der Waals surface area contributed by atoms with Gasteiger partial charge in [-0.3, -0.25) is 14.7 Å². The summed E-state index contributed by atoms with van der Waals surface area (Å²) in [6.07, 6.45) is 3.55. The molecule has 1 saturated heterocycles. The third kappa shape index (κ3) is 3.27. The number of amides is 1. The van der Waals surface area contributed by atoms with Crippen molar-refractivity contribution in [2.24, 2.45) is 0 Å². The van der Waals surface area contributed by atoms with Crippen LogP contribution in [-0.4, -0.2) is 22.6 Å². The summed E-state index contributed by atoms with van der Waals surface area (Å²) < 4.78 is 5.45. The van der Waals surface area contributed by atoms with Crippen molar-refractivity contribution >= 4 is 45.9 Å². The molecule has 0 saturated carbocycles. The summed E-state index contributed by atoms with van der Waals surface area (Å²) in [4.78, 5) is 18.8. The SMILES string of the molecule is CCOc1ccc(N2C(=O)/C(=C\c3ccnc4ccccc34)NC2=S)cc1. The number of hydrogen-bond acceptors (Lipinski definition) is 4. The Hall–Kier alpha value is -3.25. The molecule has 1 fully saturated rings. The molecule has 0 radical (unpaired) electrons. The molecule has 6 heteroatoms. The summed E-state index contributed by atoms with van der Waals surface area (Å²) >= 11 is 5.38. The average molecular weight is 375 g/mol. The van der Waals surface area contributed by atoms with Crippen LogP contribution < -0.4 is 15.0 Å². The van der Waals surface area contributed by atoms with Gasteiger partial charge in [-0.2, -0.15) is 0 Å². The van der Waals surface area contributed by atoms with Crippen molar-refractivity contribution in [2.75, 3.05) is 11.5 Å². The van der Waals surface area contributed by atoms with E-state index < -0.39 is 0 Å². The molecule has 2 aromatic carbocycles. The molecular formula is C21H17N3O2S. The minimum absolute atomic E-state index is 0.190. The molecule has 0 unspecified atom stereocenters. The molecule has 1 N–H and O–H groups in total. The topological polar surface area (TPSA) is 54.5 Å². The maximum absolute atomic E-state index is 12.9. The molecule has 134 valence electrons. The molecule has 0 spiro atoms. The van der Waals surface area contributed by atoms with E-state index in [1.165, 1.54) is 4.90 Å². The number of carbonyl (C=O) groups is 1. The summed E-state index contributed by atoms with van der Waals surface area (Å²) in [5, 5.41) is 4.36. The van der Waals surface area contributed by atoms with Crippen LogP contribution in [0.1, 0.15) is 12.5 Å². The standard InChI is InChI=1S/C21H17N3O2S/c1-2-26-16-9-7-15(8-10-16)24-20(25)19(23-21(24)27)13-14-11-12-22-18-6-4-3-5-17(14)18/h3-13H,2H2,1H3,(H,23,27)/b19-13+. The third-order valence-corrected chi connectivity index (χ3v) is 4.55. The first-order valence-corrected chi connectivity index (χ1v) is 9.02. The molecule has 0 aliphatic carbocycles. The van der Waals surface area contributed by atoms with Crippen LogP contribution in [-0.2, 0) is 4.79 Å². The Kier molecular flexibility index (Phi) is 4.56. The Balaban J connectivity index is 1.67. The lowest BCUT2D eigenvalue weighted by Gasteiger charge is -2.14. The van der Waals surface area contributed by atoms with Gasteiger partial charge in [-0.25, -0.2) is 0 Å².